The Morgan fingerprint density at radius 1 is 1.43 bits per heavy atom. The van der Waals surface area contributed by atoms with Gasteiger partial charge in [0, 0.05) is 44.3 Å². The van der Waals surface area contributed by atoms with E-state index in [1.54, 1.807) is 6.07 Å². The van der Waals surface area contributed by atoms with Crippen molar-refractivity contribution in [2.45, 2.75) is 26.2 Å². The largest absolute Gasteiger partial charge is 0.381 e. The fraction of sp³-hybridized carbons (Fsp3) is 0.647. The molecular weight excluding hydrogens is 314 g/mol. The molecule has 2 aliphatic rings. The second-order valence-electron chi connectivity index (χ2n) is 6.30. The van der Waals surface area contributed by atoms with Crippen molar-refractivity contribution in [2.75, 3.05) is 44.3 Å². The maximum atomic E-state index is 12.9. The van der Waals surface area contributed by atoms with E-state index in [0.29, 0.717) is 23.2 Å². The van der Waals surface area contributed by atoms with Crippen molar-refractivity contribution < 1.29 is 9.53 Å². The average molecular weight is 338 g/mol. The Morgan fingerprint density at radius 3 is 2.87 bits per heavy atom. The van der Waals surface area contributed by atoms with E-state index in [0.717, 1.165) is 45.1 Å². The van der Waals surface area contributed by atoms with Crippen molar-refractivity contribution in [3.63, 3.8) is 0 Å². The number of hydrogen-bond acceptors (Lipinski definition) is 4. The van der Waals surface area contributed by atoms with Crippen molar-refractivity contribution in [1.29, 1.82) is 0 Å². The summed E-state index contributed by atoms with van der Waals surface area (Å²) in [5.41, 5.74) is 0.632. The second-order valence-corrected chi connectivity index (χ2v) is 6.69. The summed E-state index contributed by atoms with van der Waals surface area (Å²) in [6, 6.07) is 3.56. The molecule has 1 atom stereocenters. The lowest BCUT2D eigenvalue weighted by Crippen LogP contribution is -2.35. The van der Waals surface area contributed by atoms with E-state index in [-0.39, 0.29) is 5.91 Å². The number of rotatable bonds is 5. The van der Waals surface area contributed by atoms with Gasteiger partial charge >= 0.3 is 0 Å². The van der Waals surface area contributed by atoms with Gasteiger partial charge in [0.2, 0.25) is 0 Å². The highest BCUT2D eigenvalue weighted by atomic mass is 35.5. The highest BCUT2D eigenvalue weighted by Crippen LogP contribution is 2.23. The van der Waals surface area contributed by atoms with Gasteiger partial charge < -0.3 is 14.5 Å². The van der Waals surface area contributed by atoms with Crippen LogP contribution in [0.4, 0.5) is 5.82 Å². The third kappa shape index (κ3) is 3.96. The molecule has 2 fully saturated rings. The standard InChI is InChI=1S/C17H24ClN3O2/c1-2-20(11-13-5-8-23-12-13)17(22)14-9-15(18)19-16(10-14)21-6-3-4-7-21/h9-10,13H,2-8,11-12H2,1H3/t13-/m0/s1. The molecule has 1 aromatic rings. The first-order valence-electron chi connectivity index (χ1n) is 8.47. The van der Waals surface area contributed by atoms with Crippen LogP contribution < -0.4 is 4.90 Å². The molecule has 0 unspecified atom stereocenters. The Bertz CT molecular complexity index is 555. The van der Waals surface area contributed by atoms with Gasteiger partial charge in [-0.3, -0.25) is 4.79 Å². The summed E-state index contributed by atoms with van der Waals surface area (Å²) < 4.78 is 5.42. The molecule has 3 rings (SSSR count). The topological polar surface area (TPSA) is 45.7 Å². The number of amides is 1. The Morgan fingerprint density at radius 2 is 2.22 bits per heavy atom. The van der Waals surface area contributed by atoms with Crippen LogP contribution in [-0.2, 0) is 4.74 Å². The maximum Gasteiger partial charge on any atom is 0.254 e. The number of anilines is 1. The van der Waals surface area contributed by atoms with Crippen LogP contribution in [0.25, 0.3) is 0 Å². The summed E-state index contributed by atoms with van der Waals surface area (Å²) in [5, 5.41) is 0.387. The minimum atomic E-state index is 0.0316. The van der Waals surface area contributed by atoms with Crippen LogP contribution in [-0.4, -0.2) is 55.2 Å². The summed E-state index contributed by atoms with van der Waals surface area (Å²) >= 11 is 6.16. The quantitative estimate of drug-likeness (QED) is 0.775. The van der Waals surface area contributed by atoms with Gasteiger partial charge in [-0.25, -0.2) is 4.98 Å². The highest BCUT2D eigenvalue weighted by Gasteiger charge is 2.24. The average Bonchev–Trinajstić information content (AvgIpc) is 3.24. The monoisotopic (exact) mass is 337 g/mol. The molecule has 2 aliphatic heterocycles. The van der Waals surface area contributed by atoms with Gasteiger partial charge in [-0.2, -0.15) is 0 Å². The molecule has 0 N–H and O–H groups in total. The minimum absolute atomic E-state index is 0.0316. The molecule has 23 heavy (non-hydrogen) atoms. The first-order chi connectivity index (χ1) is 11.2. The molecule has 0 radical (unpaired) electrons. The van der Waals surface area contributed by atoms with Crippen molar-refractivity contribution in [1.82, 2.24) is 9.88 Å². The summed E-state index contributed by atoms with van der Waals surface area (Å²) in [6.07, 6.45) is 3.36. The molecule has 0 saturated carbocycles. The molecule has 0 spiro atoms. The Hall–Kier alpha value is -1.33. The van der Waals surface area contributed by atoms with Gasteiger partial charge in [-0.15, -0.1) is 0 Å². The summed E-state index contributed by atoms with van der Waals surface area (Å²) in [6.45, 7) is 6.97. The third-order valence-corrected chi connectivity index (χ3v) is 4.82. The number of ether oxygens (including phenoxy) is 1. The van der Waals surface area contributed by atoms with Crippen molar-refractivity contribution in [3.8, 4) is 0 Å². The number of aromatic nitrogens is 1. The number of hydrogen-bond donors (Lipinski definition) is 0. The predicted molar refractivity (Wildman–Crippen MR) is 91.2 cm³/mol. The minimum Gasteiger partial charge on any atom is -0.381 e. The van der Waals surface area contributed by atoms with Crippen LogP contribution >= 0.6 is 11.6 Å². The lowest BCUT2D eigenvalue weighted by molar-refractivity contribution is 0.0730. The smallest absolute Gasteiger partial charge is 0.254 e. The van der Waals surface area contributed by atoms with Crippen LogP contribution in [0.2, 0.25) is 5.15 Å². The van der Waals surface area contributed by atoms with Crippen LogP contribution in [0.1, 0.15) is 36.5 Å². The lowest BCUT2D eigenvalue weighted by Gasteiger charge is -2.24. The third-order valence-electron chi connectivity index (χ3n) is 4.63. The second kappa shape index (κ2) is 7.49. The van der Waals surface area contributed by atoms with Gasteiger partial charge in [0.25, 0.3) is 5.91 Å². The summed E-state index contributed by atoms with van der Waals surface area (Å²) in [7, 11) is 0. The predicted octanol–water partition coefficient (Wildman–Crippen LogP) is 2.83. The zero-order valence-corrected chi connectivity index (χ0v) is 14.4. The molecule has 1 amide bonds. The van der Waals surface area contributed by atoms with E-state index in [9.17, 15) is 4.79 Å². The molecule has 3 heterocycles. The molecule has 0 aromatic carbocycles. The molecular formula is C17H24ClN3O2. The molecule has 1 aromatic heterocycles. The van der Waals surface area contributed by atoms with Crippen LogP contribution in [0.5, 0.6) is 0 Å². The fourth-order valence-corrected chi connectivity index (χ4v) is 3.50. The van der Waals surface area contributed by atoms with E-state index < -0.39 is 0 Å². The van der Waals surface area contributed by atoms with Crippen LogP contribution in [0.3, 0.4) is 0 Å². The summed E-state index contributed by atoms with van der Waals surface area (Å²) in [4.78, 5) is 21.3. The number of carbonyl (C=O) groups excluding carboxylic acids is 1. The SMILES string of the molecule is CCN(C[C@@H]1CCOC1)C(=O)c1cc(Cl)nc(N2CCCC2)c1. The fourth-order valence-electron chi connectivity index (χ4n) is 3.29. The zero-order valence-electron chi connectivity index (χ0n) is 13.6. The van der Waals surface area contributed by atoms with E-state index in [1.807, 2.05) is 17.9 Å². The lowest BCUT2D eigenvalue weighted by atomic mass is 10.1. The van der Waals surface area contributed by atoms with Crippen LogP contribution in [0, 0.1) is 5.92 Å². The van der Waals surface area contributed by atoms with Crippen molar-refractivity contribution >= 4 is 23.3 Å². The van der Waals surface area contributed by atoms with Crippen molar-refractivity contribution in [3.05, 3.63) is 22.8 Å². The Balaban J connectivity index is 1.76. The van der Waals surface area contributed by atoms with Gasteiger partial charge in [0.05, 0.1) is 6.61 Å². The first kappa shape index (κ1) is 16.5. The van der Waals surface area contributed by atoms with E-state index >= 15 is 0 Å². The molecule has 126 valence electrons. The molecule has 0 bridgehead atoms. The highest BCUT2D eigenvalue weighted by molar-refractivity contribution is 6.29. The van der Waals surface area contributed by atoms with Crippen molar-refractivity contribution in [2.24, 2.45) is 5.92 Å². The summed E-state index contributed by atoms with van der Waals surface area (Å²) in [5.74, 6) is 1.29. The van der Waals surface area contributed by atoms with E-state index in [4.69, 9.17) is 16.3 Å². The van der Waals surface area contributed by atoms with E-state index in [2.05, 4.69) is 9.88 Å². The molecule has 6 heteroatoms. The zero-order chi connectivity index (χ0) is 16.2. The number of carbonyl (C=O) groups is 1. The van der Waals surface area contributed by atoms with Gasteiger partial charge in [0.15, 0.2) is 0 Å². The maximum absolute atomic E-state index is 12.9. The first-order valence-corrected chi connectivity index (χ1v) is 8.84. The molecule has 5 nitrogen and oxygen atoms in total. The van der Waals surface area contributed by atoms with Gasteiger partial charge in [0.1, 0.15) is 11.0 Å². The number of pyridine rings is 1. The number of nitrogens with zero attached hydrogens (tertiary/aromatic N) is 3. The Labute approximate surface area is 142 Å². The van der Waals surface area contributed by atoms with Gasteiger partial charge in [-0.05, 0) is 38.3 Å². The van der Waals surface area contributed by atoms with E-state index in [1.165, 1.54) is 12.8 Å². The number of halogens is 1. The molecule has 2 saturated heterocycles. The normalized spacial score (nSPS) is 21.0. The van der Waals surface area contributed by atoms with Gasteiger partial charge in [-0.1, -0.05) is 11.6 Å². The Kier molecular flexibility index (Phi) is 5.38. The van der Waals surface area contributed by atoms with Crippen LogP contribution in [0.15, 0.2) is 12.1 Å². The molecule has 0 aliphatic carbocycles.